The van der Waals surface area contributed by atoms with E-state index in [2.05, 4.69) is 46.2 Å². The van der Waals surface area contributed by atoms with Gasteiger partial charge >= 0.3 is 0 Å². The Kier molecular flexibility index (Phi) is 5.46. The molecule has 2 aromatic heterocycles. The molecule has 160 valence electrons. The van der Waals surface area contributed by atoms with Gasteiger partial charge in [-0.2, -0.15) is 0 Å². The molecular formula is C22H30N6O2. The quantitative estimate of drug-likeness (QED) is 0.670. The van der Waals surface area contributed by atoms with Crippen LogP contribution in [0.1, 0.15) is 63.0 Å². The third-order valence-corrected chi connectivity index (χ3v) is 6.45. The number of nitrogens with one attached hydrogen (secondary N) is 1. The van der Waals surface area contributed by atoms with Crippen molar-refractivity contribution in [2.75, 3.05) is 13.1 Å². The van der Waals surface area contributed by atoms with Crippen LogP contribution in [0.15, 0.2) is 29.1 Å². The number of para-hydroxylation sites is 1. The Balaban J connectivity index is 1.90. The van der Waals surface area contributed by atoms with Gasteiger partial charge in [0.05, 0.1) is 17.2 Å². The van der Waals surface area contributed by atoms with Gasteiger partial charge in [-0.3, -0.25) is 9.69 Å². The SMILES string of the molecule is CCC(C)(C)n1nnnc1[C@@H](c1cc2cccc(C)c2[nH]c1=O)N1CCC(O)CC1. The van der Waals surface area contributed by atoms with Crippen LogP contribution < -0.4 is 5.56 Å². The Bertz CT molecular complexity index is 1090. The van der Waals surface area contributed by atoms with Crippen molar-refractivity contribution >= 4 is 10.9 Å². The monoisotopic (exact) mass is 410 g/mol. The minimum atomic E-state index is -0.382. The first-order valence-electron chi connectivity index (χ1n) is 10.6. The molecule has 1 atom stereocenters. The number of hydrogen-bond acceptors (Lipinski definition) is 6. The summed E-state index contributed by atoms with van der Waals surface area (Å²) in [6.45, 7) is 9.64. The molecule has 0 unspecified atom stereocenters. The fourth-order valence-electron chi connectivity index (χ4n) is 4.19. The highest BCUT2D eigenvalue weighted by molar-refractivity contribution is 5.82. The first-order valence-corrected chi connectivity index (χ1v) is 10.6. The van der Waals surface area contributed by atoms with Gasteiger partial charge in [-0.1, -0.05) is 25.1 Å². The maximum Gasteiger partial charge on any atom is 0.253 e. The number of hydrogen-bond donors (Lipinski definition) is 2. The van der Waals surface area contributed by atoms with E-state index < -0.39 is 0 Å². The molecule has 0 aliphatic carbocycles. The highest BCUT2D eigenvalue weighted by Gasteiger charge is 2.35. The van der Waals surface area contributed by atoms with Gasteiger partial charge in [-0.15, -0.1) is 5.10 Å². The van der Waals surface area contributed by atoms with E-state index in [1.54, 1.807) is 0 Å². The maximum atomic E-state index is 13.3. The van der Waals surface area contributed by atoms with Crippen molar-refractivity contribution in [1.29, 1.82) is 0 Å². The molecule has 1 aromatic carbocycles. The number of fused-ring (bicyclic) bond motifs is 1. The minimum Gasteiger partial charge on any atom is -0.393 e. The number of aromatic nitrogens is 5. The highest BCUT2D eigenvalue weighted by atomic mass is 16.3. The highest BCUT2D eigenvalue weighted by Crippen LogP contribution is 2.32. The molecule has 1 aliphatic rings. The third kappa shape index (κ3) is 3.65. The van der Waals surface area contributed by atoms with Crippen molar-refractivity contribution in [3.8, 4) is 0 Å². The lowest BCUT2D eigenvalue weighted by molar-refractivity contribution is 0.0644. The Morgan fingerprint density at radius 2 is 2.03 bits per heavy atom. The van der Waals surface area contributed by atoms with E-state index in [4.69, 9.17) is 0 Å². The van der Waals surface area contributed by atoms with Crippen LogP contribution in [0.3, 0.4) is 0 Å². The number of aliphatic hydroxyl groups excluding tert-OH is 1. The second-order valence-corrected chi connectivity index (χ2v) is 8.88. The molecule has 0 spiro atoms. The molecule has 30 heavy (non-hydrogen) atoms. The van der Waals surface area contributed by atoms with E-state index in [0.29, 0.717) is 37.3 Å². The van der Waals surface area contributed by atoms with Crippen LogP contribution in [0.2, 0.25) is 0 Å². The summed E-state index contributed by atoms with van der Waals surface area (Å²) in [7, 11) is 0. The first-order chi connectivity index (χ1) is 14.3. The Morgan fingerprint density at radius 1 is 1.30 bits per heavy atom. The van der Waals surface area contributed by atoms with Crippen LogP contribution >= 0.6 is 0 Å². The molecule has 1 fully saturated rings. The van der Waals surface area contributed by atoms with Crippen LogP contribution in [0.25, 0.3) is 10.9 Å². The summed E-state index contributed by atoms with van der Waals surface area (Å²) in [5.74, 6) is 0.663. The number of tetrazole rings is 1. The number of H-pyrrole nitrogens is 1. The minimum absolute atomic E-state index is 0.128. The number of piperidine rings is 1. The van der Waals surface area contributed by atoms with E-state index >= 15 is 0 Å². The molecule has 3 heterocycles. The summed E-state index contributed by atoms with van der Waals surface area (Å²) in [6, 6.07) is 7.58. The standard InChI is InChI=1S/C22H30N6O2/c1-5-22(3,4)28-20(24-25-26-28)19(27-11-9-16(29)10-12-27)17-13-15-8-6-7-14(2)18(15)23-21(17)30/h6-8,13,16,19,29H,5,9-12H2,1-4H3,(H,23,30)/t19-/m1/s1. The molecule has 2 N–H and O–H groups in total. The third-order valence-electron chi connectivity index (χ3n) is 6.45. The number of aromatic amines is 1. The number of likely N-dealkylation sites (tertiary alicyclic amines) is 1. The second-order valence-electron chi connectivity index (χ2n) is 8.88. The molecule has 0 radical (unpaired) electrons. The maximum absolute atomic E-state index is 13.3. The van der Waals surface area contributed by atoms with Gasteiger partial charge in [0.25, 0.3) is 5.56 Å². The van der Waals surface area contributed by atoms with Gasteiger partial charge in [-0.05, 0) is 67.5 Å². The van der Waals surface area contributed by atoms with E-state index in [1.165, 1.54) is 0 Å². The fraction of sp³-hybridized carbons (Fsp3) is 0.545. The Morgan fingerprint density at radius 3 is 2.73 bits per heavy atom. The van der Waals surface area contributed by atoms with Crippen molar-refractivity contribution in [2.24, 2.45) is 0 Å². The zero-order valence-electron chi connectivity index (χ0n) is 18.1. The average molecular weight is 411 g/mol. The summed E-state index contributed by atoms with van der Waals surface area (Å²) in [6.07, 6.45) is 1.88. The topological polar surface area (TPSA) is 99.9 Å². The predicted octanol–water partition coefficient (Wildman–Crippen LogP) is 2.51. The van der Waals surface area contributed by atoms with Gasteiger partial charge in [0.1, 0.15) is 6.04 Å². The predicted molar refractivity (Wildman–Crippen MR) is 115 cm³/mol. The lowest BCUT2D eigenvalue weighted by Crippen LogP contribution is -2.43. The zero-order chi connectivity index (χ0) is 21.5. The molecule has 1 aliphatic heterocycles. The van der Waals surface area contributed by atoms with E-state index in [9.17, 15) is 9.90 Å². The van der Waals surface area contributed by atoms with Crippen molar-refractivity contribution in [3.05, 3.63) is 51.6 Å². The van der Waals surface area contributed by atoms with E-state index in [-0.39, 0.29) is 23.2 Å². The lowest BCUT2D eigenvalue weighted by Gasteiger charge is -2.36. The van der Waals surface area contributed by atoms with E-state index in [1.807, 2.05) is 35.9 Å². The van der Waals surface area contributed by atoms with Gasteiger partial charge in [0, 0.05) is 18.7 Å². The summed E-state index contributed by atoms with van der Waals surface area (Å²) in [5, 5.41) is 23.7. The number of pyridine rings is 1. The molecule has 8 nitrogen and oxygen atoms in total. The number of nitrogens with zero attached hydrogens (tertiary/aromatic N) is 5. The summed E-state index contributed by atoms with van der Waals surface area (Å²) in [4.78, 5) is 18.5. The molecular weight excluding hydrogens is 380 g/mol. The van der Waals surface area contributed by atoms with Gasteiger partial charge in [0.15, 0.2) is 5.82 Å². The normalized spacial score (nSPS) is 17.5. The summed E-state index contributed by atoms with van der Waals surface area (Å²) < 4.78 is 1.85. The molecule has 0 bridgehead atoms. The van der Waals surface area contributed by atoms with Crippen molar-refractivity contribution in [2.45, 2.75) is 64.6 Å². The van der Waals surface area contributed by atoms with E-state index in [0.717, 1.165) is 22.9 Å². The van der Waals surface area contributed by atoms with Crippen LogP contribution in [0, 0.1) is 6.92 Å². The van der Waals surface area contributed by atoms with Crippen LogP contribution in [0.5, 0.6) is 0 Å². The molecule has 0 amide bonds. The number of rotatable bonds is 5. The number of benzene rings is 1. The second kappa shape index (κ2) is 7.92. The Labute approximate surface area is 175 Å². The largest absolute Gasteiger partial charge is 0.393 e. The molecule has 1 saturated heterocycles. The Hall–Kier alpha value is -2.58. The summed E-state index contributed by atoms with van der Waals surface area (Å²) >= 11 is 0. The van der Waals surface area contributed by atoms with Gasteiger partial charge < -0.3 is 10.1 Å². The number of aryl methyl sites for hydroxylation is 1. The zero-order valence-corrected chi connectivity index (χ0v) is 18.1. The fourth-order valence-corrected chi connectivity index (χ4v) is 4.19. The molecule has 3 aromatic rings. The summed E-state index contributed by atoms with van der Waals surface area (Å²) in [5.41, 5.74) is 2.11. The van der Waals surface area contributed by atoms with Crippen LogP contribution in [-0.2, 0) is 5.54 Å². The molecule has 4 rings (SSSR count). The van der Waals surface area contributed by atoms with Crippen LogP contribution in [-0.4, -0.2) is 54.4 Å². The number of aliphatic hydroxyl groups is 1. The van der Waals surface area contributed by atoms with Crippen molar-refractivity contribution < 1.29 is 5.11 Å². The van der Waals surface area contributed by atoms with Gasteiger partial charge in [0.2, 0.25) is 0 Å². The van der Waals surface area contributed by atoms with Crippen molar-refractivity contribution in [3.63, 3.8) is 0 Å². The van der Waals surface area contributed by atoms with Gasteiger partial charge in [-0.25, -0.2) is 4.68 Å². The lowest BCUT2D eigenvalue weighted by atomic mass is 9.97. The first kappa shape index (κ1) is 20.7. The smallest absolute Gasteiger partial charge is 0.253 e. The van der Waals surface area contributed by atoms with Crippen LogP contribution in [0.4, 0.5) is 0 Å². The molecule has 0 saturated carbocycles. The van der Waals surface area contributed by atoms with Crippen molar-refractivity contribution in [1.82, 2.24) is 30.1 Å². The average Bonchev–Trinajstić information content (AvgIpc) is 3.21. The molecule has 8 heteroatoms.